The molecule has 2 aliphatic rings. The first-order valence-corrected chi connectivity index (χ1v) is 5.44. The summed E-state index contributed by atoms with van der Waals surface area (Å²) >= 11 is 3.47. The molecule has 3 rings (SSSR count). The van der Waals surface area contributed by atoms with Crippen LogP contribution in [0.1, 0.15) is 5.76 Å². The molecule has 1 aromatic heterocycles. The highest BCUT2D eigenvalue weighted by atomic mass is 79.9. The summed E-state index contributed by atoms with van der Waals surface area (Å²) < 4.78 is 11.3. The number of rotatable bonds is 1. The van der Waals surface area contributed by atoms with Crippen molar-refractivity contribution in [3.05, 3.63) is 10.2 Å². The molecule has 1 aromatic rings. The van der Waals surface area contributed by atoms with E-state index in [0.717, 1.165) is 42.4 Å². The molecule has 3 heterocycles. The third kappa shape index (κ3) is 1.05. The van der Waals surface area contributed by atoms with Gasteiger partial charge in [0.2, 0.25) is 0 Å². The van der Waals surface area contributed by atoms with E-state index in [0.29, 0.717) is 5.41 Å². The summed E-state index contributed by atoms with van der Waals surface area (Å²) in [5.41, 5.74) is 0.423. The summed E-state index contributed by atoms with van der Waals surface area (Å²) in [5, 5.41) is 4.02. The molecule has 0 unspecified atom stereocenters. The Bertz CT molecular complexity index is 365. The van der Waals surface area contributed by atoms with Crippen molar-refractivity contribution in [3.8, 4) is 0 Å². The molecule has 5 heteroatoms. The molecule has 0 aromatic carbocycles. The predicted octanol–water partition coefficient (Wildman–Crippen LogP) is 1.58. The van der Waals surface area contributed by atoms with Crippen LogP contribution < -0.4 is 4.90 Å². The summed E-state index contributed by atoms with van der Waals surface area (Å²) in [6.45, 7) is 5.79. The van der Waals surface area contributed by atoms with E-state index in [9.17, 15) is 0 Å². The average molecular weight is 259 g/mol. The van der Waals surface area contributed by atoms with Crippen molar-refractivity contribution in [2.24, 2.45) is 5.41 Å². The number of anilines is 1. The third-order valence-corrected chi connectivity index (χ3v) is 3.86. The molecule has 0 saturated carbocycles. The van der Waals surface area contributed by atoms with Crippen LogP contribution in [0.3, 0.4) is 0 Å². The van der Waals surface area contributed by atoms with E-state index < -0.39 is 0 Å². The van der Waals surface area contributed by atoms with Gasteiger partial charge in [-0.25, -0.2) is 0 Å². The first kappa shape index (κ1) is 8.73. The maximum Gasteiger partial charge on any atom is 0.186 e. The number of ether oxygens (including phenoxy) is 1. The Morgan fingerprint density at radius 2 is 2.14 bits per heavy atom. The number of halogens is 1. The van der Waals surface area contributed by atoms with Crippen molar-refractivity contribution in [1.29, 1.82) is 0 Å². The van der Waals surface area contributed by atoms with Gasteiger partial charge in [-0.2, -0.15) is 0 Å². The molecule has 4 nitrogen and oxygen atoms in total. The number of aromatic nitrogens is 1. The topological polar surface area (TPSA) is 38.5 Å². The van der Waals surface area contributed by atoms with Gasteiger partial charge < -0.3 is 14.2 Å². The summed E-state index contributed by atoms with van der Waals surface area (Å²) in [6, 6.07) is 0. The lowest BCUT2D eigenvalue weighted by atomic mass is 9.78. The molecule has 0 N–H and O–H groups in total. The van der Waals surface area contributed by atoms with Gasteiger partial charge >= 0.3 is 0 Å². The van der Waals surface area contributed by atoms with E-state index in [1.165, 1.54) is 0 Å². The molecule has 0 aliphatic carbocycles. The SMILES string of the molecule is Cc1onc(N2CC3(COC3)C2)c1Br. The Kier molecular flexibility index (Phi) is 1.70. The van der Waals surface area contributed by atoms with Crippen molar-refractivity contribution >= 4 is 21.7 Å². The molecule has 2 saturated heterocycles. The van der Waals surface area contributed by atoms with Crippen molar-refractivity contribution in [3.63, 3.8) is 0 Å². The molecule has 2 aliphatic heterocycles. The molecule has 14 heavy (non-hydrogen) atoms. The summed E-state index contributed by atoms with van der Waals surface area (Å²) in [6.07, 6.45) is 0. The number of aryl methyl sites for hydroxylation is 1. The first-order valence-electron chi connectivity index (χ1n) is 4.65. The zero-order chi connectivity index (χ0) is 9.76. The van der Waals surface area contributed by atoms with Gasteiger partial charge in [-0.1, -0.05) is 5.16 Å². The second-order valence-corrected chi connectivity index (χ2v) is 5.02. The Labute approximate surface area is 90.3 Å². The van der Waals surface area contributed by atoms with Crippen LogP contribution in [-0.2, 0) is 4.74 Å². The lowest BCUT2D eigenvalue weighted by Crippen LogP contribution is -2.66. The van der Waals surface area contributed by atoms with Crippen LogP contribution in [0.4, 0.5) is 5.82 Å². The van der Waals surface area contributed by atoms with E-state index in [1.54, 1.807) is 0 Å². The quantitative estimate of drug-likeness (QED) is 0.767. The van der Waals surface area contributed by atoms with E-state index in [2.05, 4.69) is 26.0 Å². The van der Waals surface area contributed by atoms with Gasteiger partial charge in [-0.05, 0) is 22.9 Å². The van der Waals surface area contributed by atoms with Gasteiger partial charge in [0.15, 0.2) is 5.82 Å². The van der Waals surface area contributed by atoms with Crippen LogP contribution in [0, 0.1) is 12.3 Å². The number of hydrogen-bond donors (Lipinski definition) is 0. The van der Waals surface area contributed by atoms with Crippen LogP contribution in [0.15, 0.2) is 9.00 Å². The molecule has 0 atom stereocenters. The van der Waals surface area contributed by atoms with E-state index in [-0.39, 0.29) is 0 Å². The third-order valence-electron chi connectivity index (χ3n) is 2.94. The Morgan fingerprint density at radius 1 is 1.43 bits per heavy atom. The smallest absolute Gasteiger partial charge is 0.186 e. The molecule has 2 fully saturated rings. The van der Waals surface area contributed by atoms with Crippen molar-refractivity contribution < 1.29 is 9.26 Å². The Morgan fingerprint density at radius 3 is 2.57 bits per heavy atom. The van der Waals surface area contributed by atoms with Crippen molar-refractivity contribution in [1.82, 2.24) is 5.16 Å². The molecule has 1 spiro atoms. The van der Waals surface area contributed by atoms with Crippen molar-refractivity contribution in [2.75, 3.05) is 31.2 Å². The number of hydrogen-bond acceptors (Lipinski definition) is 4. The minimum atomic E-state index is 0.423. The van der Waals surface area contributed by atoms with Gasteiger partial charge in [0.25, 0.3) is 0 Å². The Balaban J connectivity index is 1.76. The van der Waals surface area contributed by atoms with Crippen LogP contribution >= 0.6 is 15.9 Å². The second-order valence-electron chi connectivity index (χ2n) is 4.23. The van der Waals surface area contributed by atoms with Crippen LogP contribution in [0.25, 0.3) is 0 Å². The van der Waals surface area contributed by atoms with Crippen LogP contribution in [-0.4, -0.2) is 31.5 Å². The maximum atomic E-state index is 5.22. The van der Waals surface area contributed by atoms with E-state index in [4.69, 9.17) is 9.26 Å². The van der Waals surface area contributed by atoms with Gasteiger partial charge in [-0.3, -0.25) is 0 Å². The maximum absolute atomic E-state index is 5.22. The fraction of sp³-hybridized carbons (Fsp3) is 0.667. The second kappa shape index (κ2) is 2.73. The minimum Gasteiger partial charge on any atom is -0.380 e. The van der Waals surface area contributed by atoms with E-state index >= 15 is 0 Å². The van der Waals surface area contributed by atoms with Gasteiger partial charge in [0.05, 0.1) is 18.6 Å². The normalized spacial score (nSPS) is 23.4. The highest BCUT2D eigenvalue weighted by Crippen LogP contribution is 2.42. The zero-order valence-electron chi connectivity index (χ0n) is 7.92. The average Bonchev–Trinajstić information content (AvgIpc) is 2.30. The summed E-state index contributed by atoms with van der Waals surface area (Å²) in [7, 11) is 0. The van der Waals surface area contributed by atoms with Crippen molar-refractivity contribution in [2.45, 2.75) is 6.92 Å². The van der Waals surface area contributed by atoms with Crippen LogP contribution in [0.5, 0.6) is 0 Å². The molecular weight excluding hydrogens is 248 g/mol. The summed E-state index contributed by atoms with van der Waals surface area (Å²) in [5.74, 6) is 1.77. The zero-order valence-corrected chi connectivity index (χ0v) is 9.50. The monoisotopic (exact) mass is 258 g/mol. The fourth-order valence-electron chi connectivity index (χ4n) is 2.03. The van der Waals surface area contributed by atoms with Gasteiger partial charge in [-0.15, -0.1) is 0 Å². The molecule has 0 radical (unpaired) electrons. The lowest BCUT2D eigenvalue weighted by molar-refractivity contribution is -0.127. The van der Waals surface area contributed by atoms with E-state index in [1.807, 2.05) is 6.92 Å². The standard InChI is InChI=1S/C9H11BrN2O2/c1-6-7(10)8(11-14-6)12-2-9(3-12)4-13-5-9/h2-5H2,1H3. The summed E-state index contributed by atoms with van der Waals surface area (Å²) in [4.78, 5) is 2.23. The lowest BCUT2D eigenvalue weighted by Gasteiger charge is -2.55. The molecule has 76 valence electrons. The molecule has 0 amide bonds. The van der Waals surface area contributed by atoms with Gasteiger partial charge in [0.1, 0.15) is 10.2 Å². The first-order chi connectivity index (χ1) is 6.70. The highest BCUT2D eigenvalue weighted by molar-refractivity contribution is 9.10. The van der Waals surface area contributed by atoms with Gasteiger partial charge in [0, 0.05) is 13.1 Å². The molecular formula is C9H11BrN2O2. The highest BCUT2D eigenvalue weighted by Gasteiger charge is 2.50. The molecule has 0 bridgehead atoms. The van der Waals surface area contributed by atoms with Crippen LogP contribution in [0.2, 0.25) is 0 Å². The fourth-order valence-corrected chi connectivity index (χ4v) is 2.43. The largest absolute Gasteiger partial charge is 0.380 e. The Hall–Kier alpha value is -0.550. The predicted molar refractivity (Wildman–Crippen MR) is 54.4 cm³/mol. The number of nitrogens with zero attached hydrogens (tertiary/aromatic N) is 2. The minimum absolute atomic E-state index is 0.423.